The first kappa shape index (κ1) is 10.9. The molecule has 0 aliphatic carbocycles. The highest BCUT2D eigenvalue weighted by Crippen LogP contribution is 2.21. The van der Waals surface area contributed by atoms with Gasteiger partial charge in [0.2, 0.25) is 0 Å². The predicted molar refractivity (Wildman–Crippen MR) is 60.3 cm³/mol. The third-order valence-corrected chi connectivity index (χ3v) is 2.36. The number of hydrogen-bond acceptors (Lipinski definition) is 2. The molecular weight excluding hydrogens is 172 g/mol. The van der Waals surface area contributed by atoms with Crippen molar-refractivity contribution in [2.24, 2.45) is 0 Å². The monoisotopic (exact) mass is 190 g/mol. The zero-order chi connectivity index (χ0) is 10.7. The predicted octanol–water partition coefficient (Wildman–Crippen LogP) is 2.54. The van der Waals surface area contributed by atoms with E-state index in [0.717, 1.165) is 17.0 Å². The standard InChI is InChI=1S/C12H18N2/c1-8(2)12(13-5)11-7-6-9(3)14-10(11)4/h6-7,12-13H,1H2,2-5H3. The molecule has 1 N–H and O–H groups in total. The summed E-state index contributed by atoms with van der Waals surface area (Å²) in [6, 6.07) is 4.37. The molecule has 0 aromatic carbocycles. The maximum absolute atomic E-state index is 4.44. The minimum atomic E-state index is 0.211. The number of aromatic nitrogens is 1. The summed E-state index contributed by atoms with van der Waals surface area (Å²) in [5.74, 6) is 0. The average Bonchev–Trinajstić information content (AvgIpc) is 2.09. The fourth-order valence-corrected chi connectivity index (χ4v) is 1.67. The van der Waals surface area contributed by atoms with Gasteiger partial charge in [-0.3, -0.25) is 4.98 Å². The number of pyridine rings is 1. The number of rotatable bonds is 3. The summed E-state index contributed by atoms with van der Waals surface area (Å²) >= 11 is 0. The van der Waals surface area contributed by atoms with Crippen molar-refractivity contribution in [3.8, 4) is 0 Å². The Morgan fingerprint density at radius 1 is 1.43 bits per heavy atom. The summed E-state index contributed by atoms with van der Waals surface area (Å²) in [7, 11) is 1.94. The van der Waals surface area contributed by atoms with Crippen molar-refractivity contribution < 1.29 is 0 Å². The summed E-state index contributed by atoms with van der Waals surface area (Å²) in [4.78, 5) is 4.44. The highest BCUT2D eigenvalue weighted by molar-refractivity contribution is 5.30. The number of aryl methyl sites for hydroxylation is 2. The van der Waals surface area contributed by atoms with Crippen LogP contribution in [0.5, 0.6) is 0 Å². The van der Waals surface area contributed by atoms with Crippen LogP contribution in [0.15, 0.2) is 24.3 Å². The minimum Gasteiger partial charge on any atom is -0.310 e. The molecule has 0 aliphatic rings. The van der Waals surface area contributed by atoms with E-state index in [1.54, 1.807) is 0 Å². The van der Waals surface area contributed by atoms with E-state index >= 15 is 0 Å². The molecule has 2 heteroatoms. The van der Waals surface area contributed by atoms with E-state index in [-0.39, 0.29) is 6.04 Å². The Kier molecular flexibility index (Phi) is 3.42. The van der Waals surface area contributed by atoms with Crippen LogP contribution in [0.2, 0.25) is 0 Å². The normalized spacial score (nSPS) is 12.6. The first-order valence-corrected chi connectivity index (χ1v) is 4.83. The van der Waals surface area contributed by atoms with Crippen LogP contribution in [-0.2, 0) is 0 Å². The lowest BCUT2D eigenvalue weighted by Gasteiger charge is -2.18. The molecule has 14 heavy (non-hydrogen) atoms. The maximum atomic E-state index is 4.44. The van der Waals surface area contributed by atoms with Crippen molar-refractivity contribution in [2.45, 2.75) is 26.8 Å². The number of nitrogens with zero attached hydrogens (tertiary/aromatic N) is 1. The highest BCUT2D eigenvalue weighted by Gasteiger charge is 2.12. The van der Waals surface area contributed by atoms with Gasteiger partial charge in [0.1, 0.15) is 0 Å². The van der Waals surface area contributed by atoms with E-state index in [1.165, 1.54) is 5.56 Å². The van der Waals surface area contributed by atoms with Crippen molar-refractivity contribution in [3.05, 3.63) is 41.2 Å². The van der Waals surface area contributed by atoms with Gasteiger partial charge in [-0.2, -0.15) is 0 Å². The van der Waals surface area contributed by atoms with Gasteiger partial charge < -0.3 is 5.32 Å². The van der Waals surface area contributed by atoms with E-state index in [9.17, 15) is 0 Å². The second-order valence-electron chi connectivity index (χ2n) is 3.70. The Hall–Kier alpha value is -1.15. The highest BCUT2D eigenvalue weighted by atomic mass is 14.9. The third kappa shape index (κ3) is 2.20. The SMILES string of the molecule is C=C(C)C(NC)c1ccc(C)nc1C. The van der Waals surface area contributed by atoms with Gasteiger partial charge in [0.15, 0.2) is 0 Å². The lowest BCUT2D eigenvalue weighted by Crippen LogP contribution is -2.18. The Balaban J connectivity index is 3.10. The summed E-state index contributed by atoms with van der Waals surface area (Å²) in [6.45, 7) is 10.0. The fraction of sp³-hybridized carbons (Fsp3) is 0.417. The number of nitrogens with one attached hydrogen (secondary N) is 1. The number of hydrogen-bond donors (Lipinski definition) is 1. The summed E-state index contributed by atoms with van der Waals surface area (Å²) in [5, 5.41) is 3.24. The van der Waals surface area contributed by atoms with Crippen molar-refractivity contribution >= 4 is 0 Å². The van der Waals surface area contributed by atoms with E-state index in [1.807, 2.05) is 33.9 Å². The van der Waals surface area contributed by atoms with Crippen LogP contribution < -0.4 is 5.32 Å². The third-order valence-electron chi connectivity index (χ3n) is 2.36. The van der Waals surface area contributed by atoms with E-state index in [2.05, 4.69) is 22.9 Å². The van der Waals surface area contributed by atoms with E-state index in [4.69, 9.17) is 0 Å². The van der Waals surface area contributed by atoms with Gasteiger partial charge in [-0.1, -0.05) is 18.2 Å². The molecule has 0 amide bonds. The van der Waals surface area contributed by atoms with Crippen molar-refractivity contribution in [2.75, 3.05) is 7.05 Å². The Bertz CT molecular complexity index is 342. The summed E-state index contributed by atoms with van der Waals surface area (Å²) in [6.07, 6.45) is 0. The maximum Gasteiger partial charge on any atom is 0.0546 e. The fourth-order valence-electron chi connectivity index (χ4n) is 1.67. The molecule has 0 radical (unpaired) electrons. The van der Waals surface area contributed by atoms with Gasteiger partial charge >= 0.3 is 0 Å². The van der Waals surface area contributed by atoms with Gasteiger partial charge in [-0.15, -0.1) is 0 Å². The van der Waals surface area contributed by atoms with Crippen LogP contribution in [0.25, 0.3) is 0 Å². The molecule has 1 aromatic heterocycles. The van der Waals surface area contributed by atoms with Crippen molar-refractivity contribution in [1.29, 1.82) is 0 Å². The van der Waals surface area contributed by atoms with Gasteiger partial charge in [-0.25, -0.2) is 0 Å². The van der Waals surface area contributed by atoms with Crippen molar-refractivity contribution in [1.82, 2.24) is 10.3 Å². The summed E-state index contributed by atoms with van der Waals surface area (Å²) in [5.41, 5.74) is 4.46. The first-order valence-electron chi connectivity index (χ1n) is 4.83. The van der Waals surface area contributed by atoms with E-state index < -0.39 is 0 Å². The summed E-state index contributed by atoms with van der Waals surface area (Å²) < 4.78 is 0. The molecule has 1 aromatic rings. The van der Waals surface area contributed by atoms with Gasteiger partial charge in [0.25, 0.3) is 0 Å². The van der Waals surface area contributed by atoms with Crippen LogP contribution in [0.1, 0.15) is 29.9 Å². The van der Waals surface area contributed by atoms with Crippen LogP contribution in [0.4, 0.5) is 0 Å². The first-order chi connectivity index (χ1) is 6.56. The van der Waals surface area contributed by atoms with Crippen LogP contribution in [0, 0.1) is 13.8 Å². The molecule has 1 heterocycles. The molecule has 1 rings (SSSR count). The second-order valence-corrected chi connectivity index (χ2v) is 3.70. The molecule has 0 spiro atoms. The zero-order valence-electron chi connectivity index (χ0n) is 9.39. The molecule has 1 unspecified atom stereocenters. The van der Waals surface area contributed by atoms with Crippen LogP contribution in [0.3, 0.4) is 0 Å². The minimum absolute atomic E-state index is 0.211. The zero-order valence-corrected chi connectivity index (χ0v) is 9.39. The molecule has 0 bridgehead atoms. The second kappa shape index (κ2) is 4.38. The Morgan fingerprint density at radius 2 is 2.07 bits per heavy atom. The molecule has 0 aliphatic heterocycles. The van der Waals surface area contributed by atoms with Gasteiger partial charge in [0.05, 0.1) is 6.04 Å². The van der Waals surface area contributed by atoms with Gasteiger partial charge in [-0.05, 0) is 39.4 Å². The molecule has 1 atom stereocenters. The smallest absolute Gasteiger partial charge is 0.0546 e. The van der Waals surface area contributed by atoms with E-state index in [0.29, 0.717) is 0 Å². The lowest BCUT2D eigenvalue weighted by molar-refractivity contribution is 0.670. The Labute approximate surface area is 86.1 Å². The van der Waals surface area contributed by atoms with Crippen LogP contribution in [-0.4, -0.2) is 12.0 Å². The average molecular weight is 190 g/mol. The molecule has 76 valence electrons. The molecule has 0 saturated carbocycles. The number of likely N-dealkylation sites (N-methyl/N-ethyl adjacent to an activating group) is 1. The molecular formula is C12H18N2. The van der Waals surface area contributed by atoms with Crippen LogP contribution >= 0.6 is 0 Å². The van der Waals surface area contributed by atoms with Gasteiger partial charge in [0, 0.05) is 11.4 Å². The van der Waals surface area contributed by atoms with Crippen molar-refractivity contribution in [3.63, 3.8) is 0 Å². The quantitative estimate of drug-likeness (QED) is 0.741. The molecule has 2 nitrogen and oxygen atoms in total. The topological polar surface area (TPSA) is 24.9 Å². The lowest BCUT2D eigenvalue weighted by atomic mass is 10.00. The molecule has 0 fully saturated rings. The largest absolute Gasteiger partial charge is 0.310 e. The Morgan fingerprint density at radius 3 is 2.50 bits per heavy atom. The molecule has 0 saturated heterocycles.